The molecule has 2 rings (SSSR count). The summed E-state index contributed by atoms with van der Waals surface area (Å²) in [5.74, 6) is 0.331. The summed E-state index contributed by atoms with van der Waals surface area (Å²) in [5.41, 5.74) is 0.123. The third kappa shape index (κ3) is 2.17. The number of likely N-dealkylation sites (tertiary alicyclic amines) is 1. The van der Waals surface area contributed by atoms with Crippen LogP contribution in [0.2, 0.25) is 0 Å². The predicted octanol–water partition coefficient (Wildman–Crippen LogP) is 1.39. The van der Waals surface area contributed by atoms with Gasteiger partial charge in [-0.2, -0.15) is 0 Å². The van der Waals surface area contributed by atoms with Gasteiger partial charge in [-0.3, -0.25) is 4.79 Å². The summed E-state index contributed by atoms with van der Waals surface area (Å²) >= 11 is 0. The number of carbonyl (C=O) groups excluding carboxylic acids is 1. The monoisotopic (exact) mass is 210 g/mol. The van der Waals surface area contributed by atoms with Gasteiger partial charge in [0, 0.05) is 13.1 Å². The molecule has 0 radical (unpaired) electrons. The third-order valence-corrected chi connectivity index (χ3v) is 3.79. The summed E-state index contributed by atoms with van der Waals surface area (Å²) in [4.78, 5) is 14.3. The average molecular weight is 210 g/mol. The average Bonchev–Trinajstić information content (AvgIpc) is 2.69. The van der Waals surface area contributed by atoms with Crippen molar-refractivity contribution in [1.82, 2.24) is 10.2 Å². The fourth-order valence-corrected chi connectivity index (χ4v) is 2.75. The zero-order valence-electron chi connectivity index (χ0n) is 9.88. The van der Waals surface area contributed by atoms with Gasteiger partial charge in [0.25, 0.3) is 0 Å². The van der Waals surface area contributed by atoms with Crippen LogP contribution in [0.4, 0.5) is 0 Å². The highest BCUT2D eigenvalue weighted by Crippen LogP contribution is 2.31. The van der Waals surface area contributed by atoms with Gasteiger partial charge in [-0.05, 0) is 37.6 Å². The highest BCUT2D eigenvalue weighted by Gasteiger charge is 2.39. The Balaban J connectivity index is 2.04. The van der Waals surface area contributed by atoms with E-state index >= 15 is 0 Å². The van der Waals surface area contributed by atoms with Crippen molar-refractivity contribution in [2.24, 2.45) is 5.41 Å². The van der Waals surface area contributed by atoms with E-state index in [1.165, 1.54) is 19.3 Å². The van der Waals surface area contributed by atoms with Crippen molar-refractivity contribution in [1.29, 1.82) is 0 Å². The van der Waals surface area contributed by atoms with Crippen LogP contribution in [0.5, 0.6) is 0 Å². The standard InChI is InChI=1S/C12H22N2O/c1-12(2)6-5-7-13-10(12)11(15)14-8-3-4-9-14/h10,13H,3-9H2,1-2H3. The summed E-state index contributed by atoms with van der Waals surface area (Å²) < 4.78 is 0. The number of hydrogen-bond acceptors (Lipinski definition) is 2. The van der Waals surface area contributed by atoms with Gasteiger partial charge in [-0.1, -0.05) is 13.8 Å². The Hall–Kier alpha value is -0.570. The van der Waals surface area contributed by atoms with Crippen LogP contribution in [-0.2, 0) is 4.79 Å². The highest BCUT2D eigenvalue weighted by atomic mass is 16.2. The van der Waals surface area contributed by atoms with Crippen LogP contribution in [-0.4, -0.2) is 36.5 Å². The van der Waals surface area contributed by atoms with Gasteiger partial charge < -0.3 is 10.2 Å². The Morgan fingerprint density at radius 1 is 1.27 bits per heavy atom. The lowest BCUT2D eigenvalue weighted by atomic mass is 9.77. The van der Waals surface area contributed by atoms with Crippen LogP contribution in [0, 0.1) is 5.41 Å². The van der Waals surface area contributed by atoms with Gasteiger partial charge in [0.15, 0.2) is 0 Å². The van der Waals surface area contributed by atoms with Crippen LogP contribution < -0.4 is 5.32 Å². The van der Waals surface area contributed by atoms with Crippen molar-refractivity contribution in [3.63, 3.8) is 0 Å². The minimum Gasteiger partial charge on any atom is -0.341 e. The number of hydrogen-bond donors (Lipinski definition) is 1. The molecule has 0 saturated carbocycles. The fraction of sp³-hybridized carbons (Fsp3) is 0.917. The Kier molecular flexibility index (Phi) is 3.01. The maximum Gasteiger partial charge on any atom is 0.240 e. The number of amides is 1. The molecule has 0 aromatic rings. The van der Waals surface area contributed by atoms with Gasteiger partial charge in [-0.15, -0.1) is 0 Å². The molecule has 0 bridgehead atoms. The first-order valence-electron chi connectivity index (χ1n) is 6.13. The molecule has 1 atom stereocenters. The zero-order chi connectivity index (χ0) is 10.9. The van der Waals surface area contributed by atoms with Gasteiger partial charge in [0.2, 0.25) is 5.91 Å². The van der Waals surface area contributed by atoms with E-state index in [4.69, 9.17) is 0 Å². The van der Waals surface area contributed by atoms with Gasteiger partial charge in [0.05, 0.1) is 6.04 Å². The van der Waals surface area contributed by atoms with Gasteiger partial charge >= 0.3 is 0 Å². The van der Waals surface area contributed by atoms with Gasteiger partial charge in [-0.25, -0.2) is 0 Å². The number of carbonyl (C=O) groups is 1. The molecule has 86 valence electrons. The molecule has 2 saturated heterocycles. The van der Waals surface area contributed by atoms with E-state index in [1.807, 2.05) is 4.90 Å². The smallest absolute Gasteiger partial charge is 0.240 e. The lowest BCUT2D eigenvalue weighted by Crippen LogP contribution is -2.56. The van der Waals surface area contributed by atoms with Crippen molar-refractivity contribution in [2.75, 3.05) is 19.6 Å². The fourth-order valence-electron chi connectivity index (χ4n) is 2.75. The number of nitrogens with one attached hydrogen (secondary N) is 1. The first-order chi connectivity index (χ1) is 7.11. The molecule has 2 aliphatic rings. The maximum absolute atomic E-state index is 12.3. The molecule has 2 aliphatic heterocycles. The van der Waals surface area contributed by atoms with Crippen LogP contribution in [0.25, 0.3) is 0 Å². The summed E-state index contributed by atoms with van der Waals surface area (Å²) in [6.07, 6.45) is 4.71. The molecular formula is C12H22N2O. The first kappa shape index (κ1) is 10.9. The lowest BCUT2D eigenvalue weighted by molar-refractivity contribution is -0.136. The summed E-state index contributed by atoms with van der Waals surface area (Å²) in [6, 6.07) is 0.0457. The molecule has 2 fully saturated rings. The van der Waals surface area contributed by atoms with E-state index < -0.39 is 0 Å². The number of nitrogens with zero attached hydrogens (tertiary/aromatic N) is 1. The normalized spacial score (nSPS) is 30.5. The topological polar surface area (TPSA) is 32.3 Å². The van der Waals surface area contributed by atoms with Crippen molar-refractivity contribution >= 4 is 5.91 Å². The van der Waals surface area contributed by atoms with E-state index in [1.54, 1.807) is 0 Å². The van der Waals surface area contributed by atoms with E-state index in [0.29, 0.717) is 5.91 Å². The highest BCUT2D eigenvalue weighted by molar-refractivity contribution is 5.83. The van der Waals surface area contributed by atoms with E-state index in [2.05, 4.69) is 19.2 Å². The minimum absolute atomic E-state index is 0.0457. The second-order valence-electron chi connectivity index (χ2n) is 5.51. The Morgan fingerprint density at radius 2 is 1.93 bits per heavy atom. The Morgan fingerprint density at radius 3 is 2.53 bits per heavy atom. The second kappa shape index (κ2) is 4.12. The molecule has 0 aromatic heterocycles. The molecule has 15 heavy (non-hydrogen) atoms. The summed E-state index contributed by atoms with van der Waals surface area (Å²) in [7, 11) is 0. The molecular weight excluding hydrogens is 188 g/mol. The van der Waals surface area contributed by atoms with Crippen LogP contribution >= 0.6 is 0 Å². The van der Waals surface area contributed by atoms with Crippen molar-refractivity contribution in [2.45, 2.75) is 45.6 Å². The molecule has 3 nitrogen and oxygen atoms in total. The number of piperidine rings is 1. The molecule has 1 amide bonds. The lowest BCUT2D eigenvalue weighted by Gasteiger charge is -2.40. The molecule has 0 aliphatic carbocycles. The molecule has 0 aromatic carbocycles. The van der Waals surface area contributed by atoms with Crippen LogP contribution in [0.15, 0.2) is 0 Å². The molecule has 2 heterocycles. The van der Waals surface area contributed by atoms with Crippen LogP contribution in [0.3, 0.4) is 0 Å². The van der Waals surface area contributed by atoms with Gasteiger partial charge in [0.1, 0.15) is 0 Å². The van der Waals surface area contributed by atoms with Crippen LogP contribution in [0.1, 0.15) is 39.5 Å². The molecule has 1 unspecified atom stereocenters. The summed E-state index contributed by atoms with van der Waals surface area (Å²) in [5, 5.41) is 3.39. The SMILES string of the molecule is CC1(C)CCCNC1C(=O)N1CCCC1. The Labute approximate surface area is 92.2 Å². The minimum atomic E-state index is 0.0457. The van der Waals surface area contributed by atoms with E-state index in [9.17, 15) is 4.79 Å². The molecule has 0 spiro atoms. The van der Waals surface area contributed by atoms with E-state index in [0.717, 1.165) is 26.1 Å². The third-order valence-electron chi connectivity index (χ3n) is 3.79. The maximum atomic E-state index is 12.3. The Bertz CT molecular complexity index is 244. The van der Waals surface area contributed by atoms with Crippen molar-refractivity contribution in [3.05, 3.63) is 0 Å². The number of rotatable bonds is 1. The quantitative estimate of drug-likeness (QED) is 0.709. The molecule has 1 N–H and O–H groups in total. The largest absolute Gasteiger partial charge is 0.341 e. The van der Waals surface area contributed by atoms with Crippen molar-refractivity contribution < 1.29 is 4.79 Å². The molecule has 3 heteroatoms. The first-order valence-corrected chi connectivity index (χ1v) is 6.13. The van der Waals surface area contributed by atoms with Crippen molar-refractivity contribution in [3.8, 4) is 0 Å². The zero-order valence-corrected chi connectivity index (χ0v) is 9.88. The van der Waals surface area contributed by atoms with E-state index in [-0.39, 0.29) is 11.5 Å². The predicted molar refractivity (Wildman–Crippen MR) is 60.6 cm³/mol. The second-order valence-corrected chi connectivity index (χ2v) is 5.51. The summed E-state index contributed by atoms with van der Waals surface area (Å²) in [6.45, 7) is 7.34.